The molecule has 2 aliphatic rings. The van der Waals surface area contributed by atoms with Gasteiger partial charge in [0.2, 0.25) is 0 Å². The fraction of sp³-hybridized carbons (Fsp3) is 0.857. The number of Topliss-reactive ketones (excluding diaryl/α,β-unsaturated/α-hetero) is 2. The molecule has 0 bridgehead atoms. The maximum Gasteiger partial charge on any atom is 0.140 e. The molecule has 2 saturated carbocycles. The van der Waals surface area contributed by atoms with Gasteiger partial charge in [0.05, 0.1) is 6.42 Å². The van der Waals surface area contributed by atoms with Crippen molar-refractivity contribution in [1.29, 1.82) is 0 Å². The molecule has 17 heavy (non-hydrogen) atoms. The van der Waals surface area contributed by atoms with Gasteiger partial charge in [-0.05, 0) is 24.5 Å². The minimum Gasteiger partial charge on any atom is -0.299 e. The molecule has 2 rings (SSSR count). The van der Waals surface area contributed by atoms with Gasteiger partial charge in [0.1, 0.15) is 11.6 Å². The number of ketones is 2. The molecule has 2 aliphatic carbocycles. The van der Waals surface area contributed by atoms with Gasteiger partial charge in [-0.3, -0.25) is 9.59 Å². The zero-order valence-corrected chi connectivity index (χ0v) is 11.5. The largest absolute Gasteiger partial charge is 0.299 e. The first-order valence-corrected chi connectivity index (χ1v) is 7.82. The topological polar surface area (TPSA) is 34.1 Å². The third-order valence-corrected chi connectivity index (χ3v) is 5.82. The van der Waals surface area contributed by atoms with E-state index in [4.69, 9.17) is 0 Å². The Labute approximate surface area is 108 Å². The third-order valence-electron chi connectivity index (χ3n) is 4.22. The van der Waals surface area contributed by atoms with Gasteiger partial charge in [0.15, 0.2) is 0 Å². The van der Waals surface area contributed by atoms with Crippen LogP contribution in [0.3, 0.4) is 0 Å². The molecule has 3 heteroatoms. The Balaban J connectivity index is 2.13. The third kappa shape index (κ3) is 2.93. The summed E-state index contributed by atoms with van der Waals surface area (Å²) in [6.45, 7) is 2.19. The highest BCUT2D eigenvalue weighted by molar-refractivity contribution is 8.00. The normalized spacial score (nSPS) is 26.2. The van der Waals surface area contributed by atoms with Gasteiger partial charge in [-0.2, -0.15) is 11.8 Å². The number of carbonyl (C=O) groups is 2. The molecule has 0 aromatic rings. The van der Waals surface area contributed by atoms with Crippen LogP contribution in [-0.4, -0.2) is 22.1 Å². The lowest BCUT2D eigenvalue weighted by atomic mass is 9.72. The summed E-state index contributed by atoms with van der Waals surface area (Å²) >= 11 is 2.01. The molecule has 0 radical (unpaired) electrons. The van der Waals surface area contributed by atoms with Crippen molar-refractivity contribution in [3.05, 3.63) is 0 Å². The quantitative estimate of drug-likeness (QED) is 0.724. The summed E-state index contributed by atoms with van der Waals surface area (Å²) in [5.74, 6) is 1.76. The fourth-order valence-electron chi connectivity index (χ4n) is 3.47. The van der Waals surface area contributed by atoms with Crippen LogP contribution in [0.15, 0.2) is 0 Å². The molecule has 0 atom stereocenters. The minimum atomic E-state index is 0.174. The molecule has 0 amide bonds. The van der Waals surface area contributed by atoms with Crippen LogP contribution in [0, 0.1) is 5.92 Å². The van der Waals surface area contributed by atoms with Gasteiger partial charge < -0.3 is 0 Å². The second kappa shape index (κ2) is 5.55. The Hall–Kier alpha value is -0.310. The number of hydrogen-bond acceptors (Lipinski definition) is 3. The predicted molar refractivity (Wildman–Crippen MR) is 71.3 cm³/mol. The molecule has 0 aromatic carbocycles. The number of hydrogen-bond donors (Lipinski definition) is 0. The lowest BCUT2D eigenvalue weighted by Gasteiger charge is -2.44. The molecule has 0 N–H and O–H groups in total. The first kappa shape index (κ1) is 13.1. The summed E-state index contributed by atoms with van der Waals surface area (Å²) in [5, 5.41) is 0. The fourth-order valence-corrected chi connectivity index (χ4v) is 5.02. The number of carbonyl (C=O) groups excluding carboxylic acids is 2. The summed E-state index contributed by atoms with van der Waals surface area (Å²) < 4.78 is 0.235. The zero-order valence-electron chi connectivity index (χ0n) is 10.7. The SMILES string of the molecule is CCSC1(C2CC(=O)CC(=O)C2)CCCCC1. The lowest BCUT2D eigenvalue weighted by Crippen LogP contribution is -2.42. The van der Waals surface area contributed by atoms with Crippen molar-refractivity contribution in [2.75, 3.05) is 5.75 Å². The highest BCUT2D eigenvalue weighted by Gasteiger charge is 2.43. The van der Waals surface area contributed by atoms with E-state index in [1.807, 2.05) is 11.8 Å². The van der Waals surface area contributed by atoms with Gasteiger partial charge in [0, 0.05) is 17.6 Å². The van der Waals surface area contributed by atoms with E-state index in [1.54, 1.807) is 0 Å². The van der Waals surface area contributed by atoms with E-state index in [9.17, 15) is 9.59 Å². The summed E-state index contributed by atoms with van der Waals surface area (Å²) in [5.41, 5.74) is 0. The Morgan fingerprint density at radius 3 is 2.24 bits per heavy atom. The molecule has 2 nitrogen and oxygen atoms in total. The first-order valence-electron chi connectivity index (χ1n) is 6.83. The van der Waals surface area contributed by atoms with E-state index >= 15 is 0 Å². The summed E-state index contributed by atoms with van der Waals surface area (Å²) in [6.07, 6.45) is 7.77. The van der Waals surface area contributed by atoms with E-state index in [0.29, 0.717) is 18.8 Å². The van der Waals surface area contributed by atoms with Gasteiger partial charge in [-0.1, -0.05) is 26.2 Å². The van der Waals surface area contributed by atoms with Crippen LogP contribution >= 0.6 is 11.8 Å². The molecular weight excluding hydrogens is 232 g/mol. The van der Waals surface area contributed by atoms with Crippen LogP contribution in [0.4, 0.5) is 0 Å². The van der Waals surface area contributed by atoms with Crippen molar-refractivity contribution in [2.24, 2.45) is 5.92 Å². The van der Waals surface area contributed by atoms with Gasteiger partial charge in [0.25, 0.3) is 0 Å². The van der Waals surface area contributed by atoms with E-state index in [0.717, 1.165) is 5.75 Å². The average Bonchev–Trinajstić information content (AvgIpc) is 2.29. The van der Waals surface area contributed by atoms with Crippen molar-refractivity contribution in [1.82, 2.24) is 0 Å². The molecule has 0 aromatic heterocycles. The van der Waals surface area contributed by atoms with Gasteiger partial charge in [-0.15, -0.1) is 0 Å². The molecule has 0 saturated heterocycles. The van der Waals surface area contributed by atoms with Gasteiger partial charge in [-0.25, -0.2) is 0 Å². The van der Waals surface area contributed by atoms with Crippen LogP contribution in [0.2, 0.25) is 0 Å². The zero-order chi connectivity index (χ0) is 12.3. The summed E-state index contributed by atoms with van der Waals surface area (Å²) in [4.78, 5) is 23.3. The molecule has 0 aliphatic heterocycles. The van der Waals surface area contributed by atoms with Crippen molar-refractivity contribution in [3.63, 3.8) is 0 Å². The van der Waals surface area contributed by atoms with E-state index in [-0.39, 0.29) is 22.7 Å². The molecular formula is C14H22O2S. The minimum absolute atomic E-state index is 0.174. The first-order chi connectivity index (χ1) is 8.16. The van der Waals surface area contributed by atoms with E-state index < -0.39 is 0 Å². The Morgan fingerprint density at radius 2 is 1.71 bits per heavy atom. The van der Waals surface area contributed by atoms with Crippen LogP contribution in [0.5, 0.6) is 0 Å². The molecule has 96 valence electrons. The van der Waals surface area contributed by atoms with Crippen LogP contribution in [0.1, 0.15) is 58.3 Å². The lowest BCUT2D eigenvalue weighted by molar-refractivity contribution is -0.131. The van der Waals surface area contributed by atoms with Crippen molar-refractivity contribution >= 4 is 23.3 Å². The van der Waals surface area contributed by atoms with Crippen molar-refractivity contribution in [2.45, 2.75) is 63.0 Å². The molecule has 2 fully saturated rings. The molecule has 0 heterocycles. The van der Waals surface area contributed by atoms with Crippen molar-refractivity contribution in [3.8, 4) is 0 Å². The summed E-state index contributed by atoms with van der Waals surface area (Å²) in [7, 11) is 0. The van der Waals surface area contributed by atoms with Crippen LogP contribution in [0.25, 0.3) is 0 Å². The average molecular weight is 254 g/mol. The molecule has 0 spiro atoms. The Kier molecular flexibility index (Phi) is 4.29. The van der Waals surface area contributed by atoms with Crippen LogP contribution < -0.4 is 0 Å². The smallest absolute Gasteiger partial charge is 0.140 e. The molecule has 0 unspecified atom stereocenters. The van der Waals surface area contributed by atoms with Gasteiger partial charge >= 0.3 is 0 Å². The van der Waals surface area contributed by atoms with E-state index in [2.05, 4.69) is 6.92 Å². The number of thioether (sulfide) groups is 1. The second-order valence-electron chi connectivity index (χ2n) is 5.42. The van der Waals surface area contributed by atoms with Crippen molar-refractivity contribution < 1.29 is 9.59 Å². The highest BCUT2D eigenvalue weighted by Crippen LogP contribution is 2.49. The predicted octanol–water partition coefficient (Wildman–Crippen LogP) is 3.38. The second-order valence-corrected chi connectivity index (χ2v) is 7.10. The highest BCUT2D eigenvalue weighted by atomic mass is 32.2. The monoisotopic (exact) mass is 254 g/mol. The Morgan fingerprint density at radius 1 is 1.12 bits per heavy atom. The van der Waals surface area contributed by atoms with E-state index in [1.165, 1.54) is 32.1 Å². The number of rotatable bonds is 3. The Bertz CT molecular complexity index is 284. The summed E-state index contributed by atoms with van der Waals surface area (Å²) in [6, 6.07) is 0. The maximum absolute atomic E-state index is 11.6. The van der Waals surface area contributed by atoms with Crippen LogP contribution in [-0.2, 0) is 9.59 Å². The maximum atomic E-state index is 11.6. The standard InChI is InChI=1S/C14H22O2S/c1-2-17-14(6-4-3-5-7-14)11-8-12(15)10-13(16)9-11/h11H,2-10H2,1H3.